The maximum Gasteiger partial charge on any atom is 0.146 e. The monoisotopic (exact) mass is 271 g/mol. The van der Waals surface area contributed by atoms with Crippen LogP contribution in [0.2, 0.25) is 0 Å². The van der Waals surface area contributed by atoms with Crippen LogP contribution < -0.4 is 5.32 Å². The molecule has 0 saturated carbocycles. The van der Waals surface area contributed by atoms with Gasteiger partial charge in [-0.15, -0.1) is 0 Å². The summed E-state index contributed by atoms with van der Waals surface area (Å²) >= 11 is 0. The van der Waals surface area contributed by atoms with Crippen molar-refractivity contribution in [1.29, 1.82) is 0 Å². The molecule has 0 aliphatic carbocycles. The molecular formula is C14H22FNO3. The van der Waals surface area contributed by atoms with Gasteiger partial charge in [-0.1, -0.05) is 12.1 Å². The summed E-state index contributed by atoms with van der Waals surface area (Å²) in [5, 5.41) is 12.6. The third kappa shape index (κ3) is 6.00. The summed E-state index contributed by atoms with van der Waals surface area (Å²) in [6, 6.07) is 4.86. The van der Waals surface area contributed by atoms with E-state index in [1.54, 1.807) is 6.07 Å². The van der Waals surface area contributed by atoms with Crippen LogP contribution in [0.15, 0.2) is 18.2 Å². The van der Waals surface area contributed by atoms with Crippen molar-refractivity contribution in [1.82, 2.24) is 0 Å². The molecule has 1 unspecified atom stereocenters. The number of aryl methyl sites for hydroxylation is 1. The average Bonchev–Trinajstić information content (AvgIpc) is 2.38. The van der Waals surface area contributed by atoms with Crippen LogP contribution in [0.5, 0.6) is 0 Å². The first kappa shape index (κ1) is 15.9. The number of halogens is 1. The molecule has 0 radical (unpaired) electrons. The average molecular weight is 271 g/mol. The highest BCUT2D eigenvalue weighted by Crippen LogP contribution is 2.18. The van der Waals surface area contributed by atoms with Gasteiger partial charge in [0.15, 0.2) is 0 Å². The summed E-state index contributed by atoms with van der Waals surface area (Å²) in [6.45, 7) is 5.79. The van der Waals surface area contributed by atoms with E-state index in [-0.39, 0.29) is 19.0 Å². The van der Waals surface area contributed by atoms with Crippen LogP contribution in [0.25, 0.3) is 0 Å². The van der Waals surface area contributed by atoms with Crippen LogP contribution in [-0.2, 0) is 9.47 Å². The fraction of sp³-hybridized carbons (Fsp3) is 0.571. The second-order valence-corrected chi connectivity index (χ2v) is 4.24. The van der Waals surface area contributed by atoms with Gasteiger partial charge in [0, 0.05) is 13.2 Å². The Balaban J connectivity index is 2.24. The van der Waals surface area contributed by atoms with Gasteiger partial charge < -0.3 is 19.9 Å². The van der Waals surface area contributed by atoms with Gasteiger partial charge in [-0.2, -0.15) is 0 Å². The maximum atomic E-state index is 13.5. The largest absolute Gasteiger partial charge is 0.389 e. The van der Waals surface area contributed by atoms with E-state index in [0.29, 0.717) is 25.5 Å². The first-order chi connectivity index (χ1) is 9.15. The van der Waals surface area contributed by atoms with Crippen LogP contribution in [0.4, 0.5) is 10.1 Å². The highest BCUT2D eigenvalue weighted by molar-refractivity contribution is 5.51. The summed E-state index contributed by atoms with van der Waals surface area (Å²) in [5.74, 6) is -0.315. The highest BCUT2D eigenvalue weighted by atomic mass is 19.1. The molecule has 0 aliphatic rings. The minimum atomic E-state index is -0.680. The van der Waals surface area contributed by atoms with Gasteiger partial charge in [0.2, 0.25) is 0 Å². The summed E-state index contributed by atoms with van der Waals surface area (Å²) in [4.78, 5) is 0. The molecule has 108 valence electrons. The van der Waals surface area contributed by atoms with Gasteiger partial charge in [-0.05, 0) is 25.5 Å². The summed E-state index contributed by atoms with van der Waals surface area (Å²) in [5.41, 5.74) is 1.24. The van der Waals surface area contributed by atoms with E-state index >= 15 is 0 Å². The molecule has 0 aliphatic heterocycles. The van der Waals surface area contributed by atoms with E-state index in [1.165, 1.54) is 6.07 Å². The lowest BCUT2D eigenvalue weighted by atomic mass is 10.2. The molecule has 0 amide bonds. The predicted octanol–water partition coefficient (Wildman–Crippen LogP) is 1.96. The second kappa shape index (κ2) is 8.85. The Kier molecular flexibility index (Phi) is 7.40. The van der Waals surface area contributed by atoms with Crippen molar-refractivity contribution < 1.29 is 19.0 Å². The lowest BCUT2D eigenvalue weighted by Crippen LogP contribution is -2.26. The number of aliphatic hydroxyl groups excluding tert-OH is 1. The van der Waals surface area contributed by atoms with Crippen LogP contribution in [-0.4, -0.2) is 44.2 Å². The lowest BCUT2D eigenvalue weighted by Gasteiger charge is -2.15. The minimum absolute atomic E-state index is 0.202. The number of hydrogen-bond acceptors (Lipinski definition) is 4. The Hall–Kier alpha value is -1.17. The predicted molar refractivity (Wildman–Crippen MR) is 72.9 cm³/mol. The summed E-state index contributed by atoms with van der Waals surface area (Å²) in [6.07, 6.45) is -0.680. The Labute approximate surface area is 113 Å². The molecule has 0 fully saturated rings. The van der Waals surface area contributed by atoms with E-state index in [0.717, 1.165) is 5.56 Å². The molecule has 2 N–H and O–H groups in total. The van der Waals surface area contributed by atoms with Gasteiger partial charge >= 0.3 is 0 Å². The zero-order valence-electron chi connectivity index (χ0n) is 11.5. The fourth-order valence-corrected chi connectivity index (χ4v) is 1.62. The van der Waals surface area contributed by atoms with E-state index in [9.17, 15) is 9.50 Å². The minimum Gasteiger partial charge on any atom is -0.389 e. The van der Waals surface area contributed by atoms with Crippen molar-refractivity contribution in [2.75, 3.05) is 38.3 Å². The number of nitrogens with one attached hydrogen (secondary N) is 1. The first-order valence-corrected chi connectivity index (χ1v) is 6.47. The molecule has 1 aromatic carbocycles. The molecule has 0 heterocycles. The van der Waals surface area contributed by atoms with Gasteiger partial charge in [0.05, 0.1) is 31.6 Å². The standard InChI is InChI=1S/C14H22FNO3/c1-3-18-7-8-19-10-12(17)9-16-14-11(2)5-4-6-13(14)15/h4-6,12,16-17H,3,7-10H2,1-2H3. The van der Waals surface area contributed by atoms with Crippen molar-refractivity contribution in [3.8, 4) is 0 Å². The van der Waals surface area contributed by atoms with Crippen molar-refractivity contribution >= 4 is 5.69 Å². The van der Waals surface area contributed by atoms with E-state index in [4.69, 9.17) is 9.47 Å². The normalized spacial score (nSPS) is 12.4. The molecule has 1 atom stereocenters. The van der Waals surface area contributed by atoms with Crippen molar-refractivity contribution in [2.24, 2.45) is 0 Å². The SMILES string of the molecule is CCOCCOCC(O)CNc1c(C)cccc1F. The number of para-hydroxylation sites is 1. The van der Waals surface area contributed by atoms with Crippen molar-refractivity contribution in [3.63, 3.8) is 0 Å². The quantitative estimate of drug-likeness (QED) is 0.674. The van der Waals surface area contributed by atoms with Crippen LogP contribution in [0, 0.1) is 12.7 Å². The van der Waals surface area contributed by atoms with Crippen molar-refractivity contribution in [3.05, 3.63) is 29.6 Å². The third-order valence-electron chi connectivity index (χ3n) is 2.62. The Morgan fingerprint density at radius 1 is 1.32 bits per heavy atom. The zero-order valence-corrected chi connectivity index (χ0v) is 11.5. The van der Waals surface area contributed by atoms with E-state index in [2.05, 4.69) is 5.32 Å². The number of benzene rings is 1. The second-order valence-electron chi connectivity index (χ2n) is 4.24. The van der Waals surface area contributed by atoms with E-state index < -0.39 is 6.10 Å². The van der Waals surface area contributed by atoms with Crippen molar-refractivity contribution in [2.45, 2.75) is 20.0 Å². The van der Waals surface area contributed by atoms with Gasteiger partial charge in [-0.3, -0.25) is 0 Å². The molecule has 1 aromatic rings. The molecular weight excluding hydrogens is 249 g/mol. The Morgan fingerprint density at radius 2 is 2.05 bits per heavy atom. The smallest absolute Gasteiger partial charge is 0.146 e. The molecule has 0 aromatic heterocycles. The third-order valence-corrected chi connectivity index (χ3v) is 2.62. The van der Waals surface area contributed by atoms with Crippen LogP contribution in [0.1, 0.15) is 12.5 Å². The van der Waals surface area contributed by atoms with Gasteiger partial charge in [0.1, 0.15) is 5.82 Å². The number of anilines is 1. The molecule has 4 nitrogen and oxygen atoms in total. The fourth-order valence-electron chi connectivity index (χ4n) is 1.62. The van der Waals surface area contributed by atoms with E-state index in [1.807, 2.05) is 19.9 Å². The first-order valence-electron chi connectivity index (χ1n) is 6.47. The maximum absolute atomic E-state index is 13.5. The number of aliphatic hydroxyl groups is 1. The molecule has 1 rings (SSSR count). The van der Waals surface area contributed by atoms with Crippen LogP contribution >= 0.6 is 0 Å². The van der Waals surface area contributed by atoms with Gasteiger partial charge in [-0.25, -0.2) is 4.39 Å². The summed E-state index contributed by atoms with van der Waals surface area (Å²) < 4.78 is 23.8. The number of ether oxygens (including phenoxy) is 2. The molecule has 0 saturated heterocycles. The highest BCUT2D eigenvalue weighted by Gasteiger charge is 2.08. The number of hydrogen-bond donors (Lipinski definition) is 2. The number of rotatable bonds is 9. The summed E-state index contributed by atoms with van der Waals surface area (Å²) in [7, 11) is 0. The lowest BCUT2D eigenvalue weighted by molar-refractivity contribution is 0.0103. The molecule has 5 heteroatoms. The Morgan fingerprint density at radius 3 is 2.74 bits per heavy atom. The van der Waals surface area contributed by atoms with Gasteiger partial charge in [0.25, 0.3) is 0 Å². The molecule has 19 heavy (non-hydrogen) atoms. The molecule has 0 bridgehead atoms. The zero-order chi connectivity index (χ0) is 14.1. The molecule has 0 spiro atoms. The Bertz CT molecular complexity index is 353. The topological polar surface area (TPSA) is 50.7 Å². The van der Waals surface area contributed by atoms with Crippen LogP contribution in [0.3, 0.4) is 0 Å².